The highest BCUT2D eigenvalue weighted by Gasteiger charge is 2.87. The smallest absolute Gasteiger partial charge is 0.338 e. The normalized spacial score (nSPS) is 37.8. The molecular formula is C31H34O15. The highest BCUT2D eigenvalue weighted by molar-refractivity contribution is 5.91. The summed E-state index contributed by atoms with van der Waals surface area (Å²) in [4.78, 5) is 38.8. The second-order valence-corrected chi connectivity index (χ2v) is 12.2. The third-order valence-corrected chi connectivity index (χ3v) is 9.74. The highest BCUT2D eigenvalue weighted by Crippen LogP contribution is 2.74. The Morgan fingerprint density at radius 2 is 1.59 bits per heavy atom. The summed E-state index contributed by atoms with van der Waals surface area (Å²) < 4.78 is 35.1. The number of phenols is 3. The number of hydrogen-bond donors (Lipinski definition) is 6. The predicted molar refractivity (Wildman–Crippen MR) is 149 cm³/mol. The molecule has 6 N–H and O–H groups in total. The largest absolute Gasteiger partial charge is 0.504 e. The molecule has 4 bridgehead atoms. The molecule has 46 heavy (non-hydrogen) atoms. The molecule has 0 unspecified atom stereocenters. The zero-order valence-electron chi connectivity index (χ0n) is 24.8. The Morgan fingerprint density at radius 3 is 2.24 bits per heavy atom. The van der Waals surface area contributed by atoms with Crippen LogP contribution < -0.4 is 0 Å². The van der Waals surface area contributed by atoms with E-state index in [4.69, 9.17) is 28.4 Å². The number of aliphatic hydroxyl groups is 3. The van der Waals surface area contributed by atoms with Crippen molar-refractivity contribution in [2.45, 2.75) is 68.0 Å². The lowest BCUT2D eigenvalue weighted by Crippen LogP contribution is -2.80. The monoisotopic (exact) mass is 646 g/mol. The van der Waals surface area contributed by atoms with Crippen LogP contribution in [0.3, 0.4) is 0 Å². The number of carbonyl (C=O) groups excluding carboxylic acids is 3. The summed E-state index contributed by atoms with van der Waals surface area (Å²) in [6, 6.07) is 9.92. The Bertz CT molecular complexity index is 1510. The van der Waals surface area contributed by atoms with Gasteiger partial charge in [-0.2, -0.15) is 0 Å². The lowest BCUT2D eigenvalue weighted by atomic mass is 9.41. The number of aromatic hydroxyl groups is 3. The minimum absolute atomic E-state index is 0.0871. The topological polar surface area (TPSA) is 228 Å². The number of Topliss-reactive ketones (excluding diaryl/α,β-unsaturated/α-hetero) is 1. The molecule has 15 nitrogen and oxygen atoms in total. The number of methoxy groups -OCH3 is 1. The van der Waals surface area contributed by atoms with E-state index in [9.17, 15) is 45.0 Å². The molecule has 2 saturated heterocycles. The van der Waals surface area contributed by atoms with E-state index in [1.54, 1.807) is 37.3 Å². The van der Waals surface area contributed by atoms with Crippen LogP contribution in [0.2, 0.25) is 0 Å². The first kappa shape index (κ1) is 32.1. The number of carbonyl (C=O) groups is 3. The zero-order valence-corrected chi connectivity index (χ0v) is 24.8. The molecule has 3 aliphatic carbocycles. The van der Waals surface area contributed by atoms with Gasteiger partial charge in [0.15, 0.2) is 29.8 Å². The molecule has 0 radical (unpaired) electrons. The Balaban J connectivity index is 1.24. The summed E-state index contributed by atoms with van der Waals surface area (Å²) in [5.41, 5.74) is -4.21. The van der Waals surface area contributed by atoms with Gasteiger partial charge in [0.05, 0.1) is 16.5 Å². The van der Waals surface area contributed by atoms with Crippen molar-refractivity contribution >= 4 is 17.7 Å². The lowest BCUT2D eigenvalue weighted by molar-refractivity contribution is -0.381. The fourth-order valence-corrected chi connectivity index (χ4v) is 7.33. The maximum atomic E-state index is 13.3. The Morgan fingerprint density at radius 1 is 0.935 bits per heavy atom. The average Bonchev–Trinajstić information content (AvgIpc) is 3.11. The summed E-state index contributed by atoms with van der Waals surface area (Å²) in [6.45, 7) is 0.607. The van der Waals surface area contributed by atoms with Crippen molar-refractivity contribution < 1.29 is 73.4 Å². The zero-order chi connectivity index (χ0) is 33.2. The summed E-state index contributed by atoms with van der Waals surface area (Å²) in [6.07, 6.45) is -9.57. The van der Waals surface area contributed by atoms with E-state index in [2.05, 4.69) is 0 Å². The first-order valence-corrected chi connectivity index (χ1v) is 14.5. The molecule has 2 heterocycles. The first-order chi connectivity index (χ1) is 21.8. The highest BCUT2D eigenvalue weighted by atomic mass is 16.8. The number of fused-ring (bicyclic) bond motifs is 1. The number of ether oxygens (including phenoxy) is 6. The second kappa shape index (κ2) is 11.5. The van der Waals surface area contributed by atoms with Crippen LogP contribution in [-0.4, -0.2) is 117 Å². The fourth-order valence-electron chi connectivity index (χ4n) is 7.33. The molecule has 10 atom stereocenters. The van der Waals surface area contributed by atoms with Crippen LogP contribution in [-0.2, 0) is 33.2 Å². The minimum Gasteiger partial charge on any atom is -0.504 e. The number of phenolic OH excluding ortho intramolecular Hbond substituents is 3. The molecule has 5 aliphatic rings. The van der Waals surface area contributed by atoms with Gasteiger partial charge in [0, 0.05) is 19.4 Å². The van der Waals surface area contributed by atoms with E-state index in [0.717, 1.165) is 12.1 Å². The second-order valence-electron chi connectivity index (χ2n) is 12.2. The third-order valence-electron chi connectivity index (χ3n) is 9.74. The van der Waals surface area contributed by atoms with Crippen LogP contribution in [0.1, 0.15) is 40.5 Å². The van der Waals surface area contributed by atoms with Crippen molar-refractivity contribution in [3.05, 3.63) is 53.6 Å². The summed E-state index contributed by atoms with van der Waals surface area (Å²) in [5.74, 6) is -4.98. The van der Waals surface area contributed by atoms with Crippen molar-refractivity contribution in [3.8, 4) is 17.2 Å². The number of esters is 2. The van der Waals surface area contributed by atoms with Gasteiger partial charge in [-0.15, -0.1) is 0 Å². The van der Waals surface area contributed by atoms with Gasteiger partial charge in [-0.3, -0.25) is 4.79 Å². The van der Waals surface area contributed by atoms with Gasteiger partial charge >= 0.3 is 11.9 Å². The van der Waals surface area contributed by atoms with Gasteiger partial charge in [-0.05, 0) is 37.6 Å². The standard InChI is InChI=1S/C31H34O15/c1-29-11-19(34)16-10-31(29,30(16,28(41-2)46-29)13-43-25(39)14-6-4-3-5-7-14)45-27-24(38)23(37)22(36)20(44-27)12-42-26(40)15-8-17(32)21(35)18(33)9-15/h3-9,16,20,22-24,27-28,32-33,35-38H,10-13H2,1-2H3/t16-,20+,22+,23-,24+,27-,28-,29-,30-,31-/m0/s1. The van der Waals surface area contributed by atoms with E-state index in [1.165, 1.54) is 7.11 Å². The van der Waals surface area contributed by atoms with E-state index >= 15 is 0 Å². The molecule has 248 valence electrons. The van der Waals surface area contributed by atoms with E-state index in [-0.39, 0.29) is 36.4 Å². The Labute approximate surface area is 261 Å². The SMILES string of the molecule is CO[C@H]1O[C@@]2(C)CC(=O)[C@@H]3C[C@@]2(O[C@@H]2O[C@H](COC(=O)c4cc(O)c(O)c(O)c4)[C@@H](O)[C@H](O)[C@H]2O)[C@]13COC(=O)c1ccccc1. The minimum atomic E-state index is -1.84. The fraction of sp³-hybridized carbons (Fsp3) is 0.516. The third kappa shape index (κ3) is 4.65. The summed E-state index contributed by atoms with van der Waals surface area (Å²) in [5, 5.41) is 61.3. The molecule has 2 aromatic carbocycles. The van der Waals surface area contributed by atoms with Crippen molar-refractivity contribution in [1.29, 1.82) is 0 Å². The molecule has 2 aliphatic heterocycles. The van der Waals surface area contributed by atoms with Crippen molar-refractivity contribution in [2.24, 2.45) is 11.3 Å². The number of benzene rings is 2. The van der Waals surface area contributed by atoms with Crippen LogP contribution in [0.5, 0.6) is 17.2 Å². The maximum absolute atomic E-state index is 13.3. The van der Waals surface area contributed by atoms with Gasteiger partial charge in [-0.25, -0.2) is 9.59 Å². The van der Waals surface area contributed by atoms with Crippen LogP contribution in [0, 0.1) is 11.3 Å². The molecule has 15 heteroatoms. The molecule has 5 fully saturated rings. The van der Waals surface area contributed by atoms with Gasteiger partial charge in [0.1, 0.15) is 54.6 Å². The molecule has 2 aromatic rings. The number of hydrogen-bond acceptors (Lipinski definition) is 15. The lowest BCUT2D eigenvalue weighted by Gasteiger charge is -2.66. The quantitative estimate of drug-likeness (QED) is 0.157. The molecule has 0 spiro atoms. The molecule has 3 saturated carbocycles. The van der Waals surface area contributed by atoms with Gasteiger partial charge in [0.25, 0.3) is 0 Å². The van der Waals surface area contributed by atoms with Crippen LogP contribution >= 0.6 is 0 Å². The van der Waals surface area contributed by atoms with Gasteiger partial charge < -0.3 is 59.1 Å². The first-order valence-electron chi connectivity index (χ1n) is 14.5. The number of ketones is 1. The van der Waals surface area contributed by atoms with Crippen LogP contribution in [0.15, 0.2) is 42.5 Å². The van der Waals surface area contributed by atoms with Gasteiger partial charge in [0.2, 0.25) is 0 Å². The Kier molecular flexibility index (Phi) is 8.00. The predicted octanol–water partition coefficient (Wildman–Crippen LogP) is 0.121. The van der Waals surface area contributed by atoms with E-state index in [0.29, 0.717) is 0 Å². The van der Waals surface area contributed by atoms with Crippen molar-refractivity contribution in [2.75, 3.05) is 20.3 Å². The van der Waals surface area contributed by atoms with Crippen LogP contribution in [0.25, 0.3) is 0 Å². The number of aliphatic hydroxyl groups excluding tert-OH is 3. The van der Waals surface area contributed by atoms with Crippen molar-refractivity contribution in [3.63, 3.8) is 0 Å². The van der Waals surface area contributed by atoms with Crippen molar-refractivity contribution in [1.82, 2.24) is 0 Å². The number of rotatable bonds is 9. The molecule has 0 aromatic heterocycles. The van der Waals surface area contributed by atoms with E-state index < -0.39 is 95.3 Å². The Hall–Kier alpha value is -3.83. The van der Waals surface area contributed by atoms with E-state index in [1.807, 2.05) is 0 Å². The summed E-state index contributed by atoms with van der Waals surface area (Å²) >= 11 is 0. The van der Waals surface area contributed by atoms with Crippen LogP contribution in [0.4, 0.5) is 0 Å². The van der Waals surface area contributed by atoms with Gasteiger partial charge in [-0.1, -0.05) is 18.2 Å². The summed E-state index contributed by atoms with van der Waals surface area (Å²) in [7, 11) is 1.37. The molecular weight excluding hydrogens is 612 g/mol. The molecule has 7 rings (SSSR count). The average molecular weight is 647 g/mol. The molecule has 0 amide bonds. The maximum Gasteiger partial charge on any atom is 0.338 e.